The molecule has 2 N–H and O–H groups in total. The minimum absolute atomic E-state index is 0.0555. The van der Waals surface area contributed by atoms with Crippen molar-refractivity contribution in [2.75, 3.05) is 25.0 Å². The molecule has 0 saturated carbocycles. The highest BCUT2D eigenvalue weighted by Crippen LogP contribution is 2.20. The maximum absolute atomic E-state index is 12.2. The molecule has 1 amide bonds. The molecule has 0 aliphatic carbocycles. The van der Waals surface area contributed by atoms with E-state index in [0.717, 1.165) is 24.1 Å². The molecule has 118 valence electrons. The standard InChI is InChI=1S/C16H25ClN2O2/c1-4-14(5-2)19(8-9-20)11-16(21)18-15-10-13(17)7-6-12(15)3/h6-7,10,14,20H,4-5,8-9,11H2,1-3H3,(H,18,21). The van der Waals surface area contributed by atoms with Crippen molar-refractivity contribution in [3.8, 4) is 0 Å². The van der Waals surface area contributed by atoms with Crippen LogP contribution >= 0.6 is 11.6 Å². The van der Waals surface area contributed by atoms with E-state index in [0.29, 0.717) is 17.6 Å². The number of carbonyl (C=O) groups excluding carboxylic acids is 1. The molecular formula is C16H25ClN2O2. The van der Waals surface area contributed by atoms with Gasteiger partial charge in [0.05, 0.1) is 13.2 Å². The first kappa shape index (κ1) is 18.0. The van der Waals surface area contributed by atoms with Gasteiger partial charge in [-0.25, -0.2) is 0 Å². The van der Waals surface area contributed by atoms with Crippen molar-refractivity contribution in [2.24, 2.45) is 0 Å². The Labute approximate surface area is 132 Å². The average molecular weight is 313 g/mol. The number of aliphatic hydroxyl groups excluding tert-OH is 1. The molecule has 4 nitrogen and oxygen atoms in total. The summed E-state index contributed by atoms with van der Waals surface area (Å²) in [6, 6.07) is 5.74. The lowest BCUT2D eigenvalue weighted by molar-refractivity contribution is -0.118. The number of anilines is 1. The molecule has 0 heterocycles. The van der Waals surface area contributed by atoms with E-state index < -0.39 is 0 Å². The van der Waals surface area contributed by atoms with E-state index in [9.17, 15) is 4.79 Å². The van der Waals surface area contributed by atoms with E-state index >= 15 is 0 Å². The van der Waals surface area contributed by atoms with E-state index in [4.69, 9.17) is 16.7 Å². The number of nitrogens with zero attached hydrogens (tertiary/aromatic N) is 1. The molecule has 0 bridgehead atoms. The Morgan fingerprint density at radius 3 is 2.62 bits per heavy atom. The minimum Gasteiger partial charge on any atom is -0.395 e. The van der Waals surface area contributed by atoms with Gasteiger partial charge < -0.3 is 10.4 Å². The van der Waals surface area contributed by atoms with Crippen LogP contribution < -0.4 is 5.32 Å². The average Bonchev–Trinajstić information content (AvgIpc) is 2.44. The molecule has 0 aromatic heterocycles. The molecule has 5 heteroatoms. The molecule has 0 fully saturated rings. The molecule has 0 saturated heterocycles. The van der Waals surface area contributed by atoms with Gasteiger partial charge in [0.2, 0.25) is 5.91 Å². The Morgan fingerprint density at radius 1 is 1.38 bits per heavy atom. The highest BCUT2D eigenvalue weighted by molar-refractivity contribution is 6.31. The van der Waals surface area contributed by atoms with E-state index in [1.165, 1.54) is 0 Å². The largest absolute Gasteiger partial charge is 0.395 e. The van der Waals surface area contributed by atoms with Crippen molar-refractivity contribution in [3.63, 3.8) is 0 Å². The summed E-state index contributed by atoms with van der Waals surface area (Å²) in [5, 5.41) is 12.7. The number of rotatable bonds is 8. The van der Waals surface area contributed by atoms with Crippen molar-refractivity contribution in [3.05, 3.63) is 28.8 Å². The van der Waals surface area contributed by atoms with Crippen molar-refractivity contribution in [1.82, 2.24) is 4.90 Å². The smallest absolute Gasteiger partial charge is 0.238 e. The number of nitrogens with one attached hydrogen (secondary N) is 1. The second-order valence-electron chi connectivity index (χ2n) is 5.17. The van der Waals surface area contributed by atoms with Crippen LogP contribution in [-0.2, 0) is 4.79 Å². The van der Waals surface area contributed by atoms with Gasteiger partial charge in [-0.3, -0.25) is 9.69 Å². The van der Waals surface area contributed by atoms with Crippen LogP contribution in [0.3, 0.4) is 0 Å². The molecule has 0 aliphatic rings. The van der Waals surface area contributed by atoms with Crippen LogP contribution in [0.2, 0.25) is 5.02 Å². The molecule has 1 aromatic carbocycles. The zero-order valence-electron chi connectivity index (χ0n) is 13.0. The fourth-order valence-electron chi connectivity index (χ4n) is 2.43. The number of benzene rings is 1. The number of aryl methyl sites for hydroxylation is 1. The van der Waals surface area contributed by atoms with Gasteiger partial charge in [0.25, 0.3) is 0 Å². The number of halogens is 1. The zero-order chi connectivity index (χ0) is 15.8. The van der Waals surface area contributed by atoms with Crippen LogP contribution in [0.25, 0.3) is 0 Å². The first-order chi connectivity index (χ1) is 10.0. The second-order valence-corrected chi connectivity index (χ2v) is 5.61. The highest BCUT2D eigenvalue weighted by Gasteiger charge is 2.18. The van der Waals surface area contributed by atoms with Crippen molar-refractivity contribution >= 4 is 23.2 Å². The zero-order valence-corrected chi connectivity index (χ0v) is 13.8. The Hall–Kier alpha value is -1.10. The number of amides is 1. The van der Waals surface area contributed by atoms with Crippen LogP contribution in [0.4, 0.5) is 5.69 Å². The predicted molar refractivity (Wildman–Crippen MR) is 87.8 cm³/mol. The van der Waals surface area contributed by atoms with Crippen LogP contribution in [0, 0.1) is 6.92 Å². The summed E-state index contributed by atoms with van der Waals surface area (Å²) in [6.07, 6.45) is 1.92. The summed E-state index contributed by atoms with van der Waals surface area (Å²) in [4.78, 5) is 14.2. The van der Waals surface area contributed by atoms with E-state index in [2.05, 4.69) is 19.2 Å². The summed E-state index contributed by atoms with van der Waals surface area (Å²) in [5.41, 5.74) is 1.71. The topological polar surface area (TPSA) is 52.6 Å². The van der Waals surface area contributed by atoms with Crippen molar-refractivity contribution < 1.29 is 9.90 Å². The molecule has 0 atom stereocenters. The molecule has 0 unspecified atom stereocenters. The van der Waals surface area contributed by atoms with Crippen LogP contribution in [0.1, 0.15) is 32.3 Å². The Morgan fingerprint density at radius 2 is 2.05 bits per heavy atom. The lowest BCUT2D eigenvalue weighted by Crippen LogP contribution is -2.42. The normalized spacial score (nSPS) is 11.2. The first-order valence-electron chi connectivity index (χ1n) is 7.42. The number of carbonyl (C=O) groups is 1. The molecular weight excluding hydrogens is 288 g/mol. The fraction of sp³-hybridized carbons (Fsp3) is 0.562. The van der Waals surface area contributed by atoms with Gasteiger partial charge in [-0.15, -0.1) is 0 Å². The summed E-state index contributed by atoms with van der Waals surface area (Å²) in [7, 11) is 0. The molecule has 0 aliphatic heterocycles. The van der Waals surface area contributed by atoms with Crippen LogP contribution in [0.15, 0.2) is 18.2 Å². The molecule has 0 spiro atoms. The van der Waals surface area contributed by atoms with E-state index in [-0.39, 0.29) is 19.1 Å². The lowest BCUT2D eigenvalue weighted by Gasteiger charge is -2.29. The van der Waals surface area contributed by atoms with Gasteiger partial charge in [-0.2, -0.15) is 0 Å². The second kappa shape index (κ2) is 9.03. The van der Waals surface area contributed by atoms with Crippen molar-refractivity contribution in [1.29, 1.82) is 0 Å². The van der Waals surface area contributed by atoms with Gasteiger partial charge >= 0.3 is 0 Å². The molecule has 21 heavy (non-hydrogen) atoms. The van der Waals surface area contributed by atoms with Gasteiger partial charge in [0.15, 0.2) is 0 Å². The first-order valence-corrected chi connectivity index (χ1v) is 7.80. The molecule has 1 rings (SSSR count). The molecule has 1 aromatic rings. The van der Waals surface area contributed by atoms with Gasteiger partial charge in [0, 0.05) is 23.3 Å². The third-order valence-electron chi connectivity index (χ3n) is 3.67. The minimum atomic E-state index is -0.0827. The Bertz CT molecular complexity index is 462. The number of aliphatic hydroxyl groups is 1. The van der Waals surface area contributed by atoms with E-state index in [1.54, 1.807) is 12.1 Å². The number of hydrogen-bond acceptors (Lipinski definition) is 3. The maximum atomic E-state index is 12.2. The third kappa shape index (κ3) is 5.65. The van der Waals surface area contributed by atoms with Crippen LogP contribution in [-0.4, -0.2) is 41.7 Å². The van der Waals surface area contributed by atoms with Gasteiger partial charge in [-0.05, 0) is 37.5 Å². The Kier molecular flexibility index (Phi) is 7.72. The summed E-state index contributed by atoms with van der Waals surface area (Å²) < 4.78 is 0. The summed E-state index contributed by atoms with van der Waals surface area (Å²) in [6.45, 7) is 6.96. The van der Waals surface area contributed by atoms with Crippen molar-refractivity contribution in [2.45, 2.75) is 39.7 Å². The van der Waals surface area contributed by atoms with Gasteiger partial charge in [0.1, 0.15) is 0 Å². The van der Waals surface area contributed by atoms with E-state index in [1.807, 2.05) is 17.9 Å². The predicted octanol–water partition coefficient (Wildman–Crippen LogP) is 3.07. The Balaban J connectivity index is 2.71. The monoisotopic (exact) mass is 312 g/mol. The maximum Gasteiger partial charge on any atom is 0.238 e. The third-order valence-corrected chi connectivity index (χ3v) is 3.90. The number of hydrogen-bond donors (Lipinski definition) is 2. The summed E-state index contributed by atoms with van der Waals surface area (Å²) >= 11 is 5.96. The molecule has 0 radical (unpaired) electrons. The lowest BCUT2D eigenvalue weighted by atomic mass is 10.1. The summed E-state index contributed by atoms with van der Waals surface area (Å²) in [5.74, 6) is -0.0827. The highest BCUT2D eigenvalue weighted by atomic mass is 35.5. The quantitative estimate of drug-likeness (QED) is 0.775. The fourth-order valence-corrected chi connectivity index (χ4v) is 2.60. The van der Waals surface area contributed by atoms with Gasteiger partial charge in [-0.1, -0.05) is 31.5 Å². The van der Waals surface area contributed by atoms with Crippen LogP contribution in [0.5, 0.6) is 0 Å². The SMILES string of the molecule is CCC(CC)N(CCO)CC(=O)Nc1cc(Cl)ccc1C.